The molecule has 0 unspecified atom stereocenters. The van der Waals surface area contributed by atoms with Gasteiger partial charge in [0, 0.05) is 12.4 Å². The summed E-state index contributed by atoms with van der Waals surface area (Å²) in [5.41, 5.74) is -0.841. The van der Waals surface area contributed by atoms with Crippen molar-refractivity contribution in [2.45, 2.75) is 19.8 Å². The maximum absolute atomic E-state index is 11.8. The SMILES string of the molecule is CC1CC(C#N)(C(=O)Nc2ncc[nH]2)C1. The summed E-state index contributed by atoms with van der Waals surface area (Å²) >= 11 is 0. The summed E-state index contributed by atoms with van der Waals surface area (Å²) in [6.07, 6.45) is 4.45. The first-order chi connectivity index (χ1) is 7.16. The van der Waals surface area contributed by atoms with Crippen LogP contribution in [-0.4, -0.2) is 15.9 Å². The molecule has 0 radical (unpaired) electrons. The molecule has 0 spiro atoms. The number of hydrogen-bond acceptors (Lipinski definition) is 3. The van der Waals surface area contributed by atoms with Gasteiger partial charge in [0.05, 0.1) is 6.07 Å². The van der Waals surface area contributed by atoms with Gasteiger partial charge in [0.1, 0.15) is 5.41 Å². The summed E-state index contributed by atoms with van der Waals surface area (Å²) in [4.78, 5) is 18.5. The molecule has 2 rings (SSSR count). The quantitative estimate of drug-likeness (QED) is 0.761. The van der Waals surface area contributed by atoms with Crippen LogP contribution in [0.3, 0.4) is 0 Å². The lowest BCUT2D eigenvalue weighted by atomic mass is 9.63. The van der Waals surface area contributed by atoms with E-state index >= 15 is 0 Å². The molecule has 0 bridgehead atoms. The highest BCUT2D eigenvalue weighted by atomic mass is 16.2. The molecule has 1 aromatic heterocycles. The topological polar surface area (TPSA) is 81.6 Å². The van der Waals surface area contributed by atoms with Gasteiger partial charge in [-0.15, -0.1) is 0 Å². The number of carbonyl (C=O) groups is 1. The van der Waals surface area contributed by atoms with Gasteiger partial charge in [0.15, 0.2) is 0 Å². The van der Waals surface area contributed by atoms with Crippen molar-refractivity contribution in [2.75, 3.05) is 5.32 Å². The van der Waals surface area contributed by atoms with Crippen molar-refractivity contribution < 1.29 is 4.79 Å². The Hall–Kier alpha value is -1.83. The van der Waals surface area contributed by atoms with Crippen molar-refractivity contribution in [3.63, 3.8) is 0 Å². The largest absolute Gasteiger partial charge is 0.331 e. The molecule has 1 aliphatic carbocycles. The Labute approximate surface area is 87.5 Å². The van der Waals surface area contributed by atoms with Crippen LogP contribution in [0.25, 0.3) is 0 Å². The van der Waals surface area contributed by atoms with Gasteiger partial charge in [-0.25, -0.2) is 4.98 Å². The number of H-pyrrole nitrogens is 1. The van der Waals surface area contributed by atoms with Gasteiger partial charge < -0.3 is 4.98 Å². The van der Waals surface area contributed by atoms with E-state index in [1.54, 1.807) is 12.4 Å². The predicted octanol–water partition coefficient (Wildman–Crippen LogP) is 1.29. The minimum atomic E-state index is -0.841. The van der Waals surface area contributed by atoms with Gasteiger partial charge in [0.25, 0.3) is 0 Å². The van der Waals surface area contributed by atoms with Crippen molar-refractivity contribution in [1.82, 2.24) is 9.97 Å². The van der Waals surface area contributed by atoms with Gasteiger partial charge in [0.2, 0.25) is 11.9 Å². The highest BCUT2D eigenvalue weighted by Gasteiger charge is 2.49. The van der Waals surface area contributed by atoms with Crippen LogP contribution in [0.5, 0.6) is 0 Å². The number of carbonyl (C=O) groups excluding carboxylic acids is 1. The molecule has 0 aromatic carbocycles. The highest BCUT2D eigenvalue weighted by molar-refractivity contribution is 5.96. The zero-order valence-corrected chi connectivity index (χ0v) is 8.45. The van der Waals surface area contributed by atoms with Gasteiger partial charge in [-0.05, 0) is 18.8 Å². The predicted molar refractivity (Wildman–Crippen MR) is 53.7 cm³/mol. The number of aromatic amines is 1. The molecule has 15 heavy (non-hydrogen) atoms. The van der Waals surface area contributed by atoms with E-state index < -0.39 is 5.41 Å². The van der Waals surface area contributed by atoms with E-state index in [1.807, 2.05) is 6.92 Å². The molecular weight excluding hydrogens is 192 g/mol. The zero-order chi connectivity index (χ0) is 10.9. The van der Waals surface area contributed by atoms with E-state index in [0.29, 0.717) is 24.7 Å². The van der Waals surface area contributed by atoms with Gasteiger partial charge in [-0.3, -0.25) is 10.1 Å². The minimum absolute atomic E-state index is 0.252. The molecule has 1 saturated carbocycles. The molecule has 1 heterocycles. The average molecular weight is 204 g/mol. The molecule has 78 valence electrons. The van der Waals surface area contributed by atoms with Crippen molar-refractivity contribution in [2.24, 2.45) is 11.3 Å². The fourth-order valence-electron chi connectivity index (χ4n) is 2.02. The summed E-state index contributed by atoms with van der Waals surface area (Å²) in [5, 5.41) is 11.6. The van der Waals surface area contributed by atoms with Crippen molar-refractivity contribution in [3.05, 3.63) is 12.4 Å². The summed E-state index contributed by atoms with van der Waals surface area (Å²) in [6, 6.07) is 2.10. The second kappa shape index (κ2) is 3.39. The van der Waals surface area contributed by atoms with Crippen LogP contribution >= 0.6 is 0 Å². The molecular formula is C10H12N4O. The normalized spacial score (nSPS) is 28.9. The first-order valence-electron chi connectivity index (χ1n) is 4.88. The maximum atomic E-state index is 11.8. The lowest BCUT2D eigenvalue weighted by Crippen LogP contribution is -2.45. The van der Waals surface area contributed by atoms with Crippen LogP contribution in [0.4, 0.5) is 5.95 Å². The fourth-order valence-corrected chi connectivity index (χ4v) is 2.02. The Morgan fingerprint density at radius 3 is 3.00 bits per heavy atom. The van der Waals surface area contributed by atoms with E-state index in [1.165, 1.54) is 0 Å². The van der Waals surface area contributed by atoms with Crippen LogP contribution in [0, 0.1) is 22.7 Å². The maximum Gasteiger partial charge on any atom is 0.247 e. The second-order valence-corrected chi connectivity index (χ2v) is 4.10. The summed E-state index contributed by atoms with van der Waals surface area (Å²) in [5.74, 6) is 0.597. The number of anilines is 1. The number of nitrogens with one attached hydrogen (secondary N) is 2. The molecule has 5 heteroatoms. The van der Waals surface area contributed by atoms with E-state index in [9.17, 15) is 4.79 Å². The molecule has 0 saturated heterocycles. The van der Waals surface area contributed by atoms with E-state index in [0.717, 1.165) is 0 Å². The third kappa shape index (κ3) is 1.59. The van der Waals surface area contributed by atoms with Crippen molar-refractivity contribution >= 4 is 11.9 Å². The number of nitriles is 1. The lowest BCUT2D eigenvalue weighted by Gasteiger charge is -2.38. The van der Waals surface area contributed by atoms with E-state index in [2.05, 4.69) is 21.4 Å². The lowest BCUT2D eigenvalue weighted by molar-refractivity contribution is -0.128. The van der Waals surface area contributed by atoms with Crippen LogP contribution in [-0.2, 0) is 4.79 Å². The Morgan fingerprint density at radius 2 is 2.53 bits per heavy atom. The first kappa shape index (κ1) is 9.71. The molecule has 0 aliphatic heterocycles. The standard InChI is InChI=1S/C10H12N4O/c1-7-4-10(5-7,6-11)8(15)14-9-12-2-3-13-9/h2-3,7H,4-5H2,1H3,(H2,12,13,14,15). The van der Waals surface area contributed by atoms with Crippen LogP contribution < -0.4 is 5.32 Å². The smallest absolute Gasteiger partial charge is 0.247 e. The number of rotatable bonds is 2. The Kier molecular flexibility index (Phi) is 2.19. The third-order valence-electron chi connectivity index (χ3n) is 2.77. The van der Waals surface area contributed by atoms with Crippen LogP contribution in [0.15, 0.2) is 12.4 Å². The molecule has 5 nitrogen and oxygen atoms in total. The van der Waals surface area contributed by atoms with Gasteiger partial charge >= 0.3 is 0 Å². The van der Waals surface area contributed by atoms with Crippen molar-refractivity contribution in [1.29, 1.82) is 5.26 Å². The number of hydrogen-bond donors (Lipinski definition) is 2. The Bertz CT molecular complexity index is 398. The Morgan fingerprint density at radius 1 is 1.80 bits per heavy atom. The molecule has 1 amide bonds. The number of imidazole rings is 1. The van der Waals surface area contributed by atoms with Gasteiger partial charge in [-0.2, -0.15) is 5.26 Å². The molecule has 2 N–H and O–H groups in total. The molecule has 1 fully saturated rings. The van der Waals surface area contributed by atoms with Crippen LogP contribution in [0.1, 0.15) is 19.8 Å². The summed E-state index contributed by atoms with van der Waals surface area (Å²) < 4.78 is 0. The average Bonchev–Trinajstić information content (AvgIpc) is 2.64. The minimum Gasteiger partial charge on any atom is -0.331 e. The van der Waals surface area contributed by atoms with Crippen LogP contribution in [0.2, 0.25) is 0 Å². The number of nitrogens with zero attached hydrogens (tertiary/aromatic N) is 2. The van der Waals surface area contributed by atoms with E-state index in [-0.39, 0.29) is 5.91 Å². The number of aromatic nitrogens is 2. The summed E-state index contributed by atoms with van der Waals surface area (Å²) in [6.45, 7) is 2.04. The second-order valence-electron chi connectivity index (χ2n) is 4.10. The summed E-state index contributed by atoms with van der Waals surface area (Å²) in [7, 11) is 0. The highest BCUT2D eigenvalue weighted by Crippen LogP contribution is 2.45. The van der Waals surface area contributed by atoms with Gasteiger partial charge in [-0.1, -0.05) is 6.92 Å². The Balaban J connectivity index is 2.05. The zero-order valence-electron chi connectivity index (χ0n) is 8.45. The molecule has 1 aliphatic rings. The first-order valence-corrected chi connectivity index (χ1v) is 4.88. The number of amides is 1. The van der Waals surface area contributed by atoms with E-state index in [4.69, 9.17) is 5.26 Å². The fraction of sp³-hybridized carbons (Fsp3) is 0.500. The van der Waals surface area contributed by atoms with Crippen molar-refractivity contribution in [3.8, 4) is 6.07 Å². The third-order valence-corrected chi connectivity index (χ3v) is 2.77. The monoisotopic (exact) mass is 204 g/mol. The molecule has 0 atom stereocenters. The molecule has 1 aromatic rings.